The fourth-order valence-electron chi connectivity index (χ4n) is 2.57. The van der Waals surface area contributed by atoms with Gasteiger partial charge in [-0.15, -0.1) is 0 Å². The molecule has 0 atom stereocenters. The van der Waals surface area contributed by atoms with Crippen LogP contribution in [0, 0.1) is 27.6 Å². The van der Waals surface area contributed by atoms with Crippen LogP contribution in [0.3, 0.4) is 0 Å². The van der Waals surface area contributed by atoms with E-state index in [2.05, 4.69) is 0 Å². The lowest BCUT2D eigenvalue weighted by Crippen LogP contribution is -2.05. The molecule has 0 aromatic heterocycles. The summed E-state index contributed by atoms with van der Waals surface area (Å²) < 4.78 is 42.8. The Morgan fingerprint density at radius 1 is 0.667 bits per heavy atom. The van der Waals surface area contributed by atoms with Crippen molar-refractivity contribution in [2.24, 2.45) is 0 Å². The predicted octanol–water partition coefficient (Wildman–Crippen LogP) is 5.35. The van der Waals surface area contributed by atoms with Crippen molar-refractivity contribution < 1.29 is 18.1 Å². The number of hydrogen-bond acceptors (Lipinski definition) is 2. The summed E-state index contributed by atoms with van der Waals surface area (Å²) in [6.45, 7) is 0. The largest absolute Gasteiger partial charge is 0.291 e. The molecular weight excluding hydrogens is 319 g/mol. The Balaban J connectivity index is 2.47. The minimum absolute atomic E-state index is 0.0952. The smallest absolute Gasteiger partial charge is 0.258 e. The number of halogens is 3. The van der Waals surface area contributed by atoms with Gasteiger partial charge in [0, 0.05) is 0 Å². The maximum Gasteiger partial charge on any atom is 0.291 e. The second-order valence-electron chi connectivity index (χ2n) is 5.03. The van der Waals surface area contributed by atoms with Gasteiger partial charge in [0.15, 0.2) is 17.5 Å². The highest BCUT2D eigenvalue weighted by atomic mass is 19.2. The summed E-state index contributed by atoms with van der Waals surface area (Å²) in [5.41, 5.74) is -1.75. The van der Waals surface area contributed by atoms with Gasteiger partial charge in [-0.2, -0.15) is 0 Å². The Morgan fingerprint density at radius 3 is 1.38 bits per heavy atom. The van der Waals surface area contributed by atoms with Crippen molar-refractivity contribution in [3.8, 4) is 22.3 Å². The summed E-state index contributed by atoms with van der Waals surface area (Å²) in [5, 5.41) is 11.6. The molecule has 0 amide bonds. The Kier molecular flexibility index (Phi) is 4.04. The molecular formula is C18H10F3NO2. The molecule has 0 aliphatic rings. The van der Waals surface area contributed by atoms with E-state index in [4.69, 9.17) is 0 Å². The number of benzene rings is 3. The standard InChI is InChI=1S/C18H10F3NO2/c19-15-13(11-7-3-1-4-8-11)18(22(23)24)14(16(20)17(15)21)12-9-5-2-6-10-12/h1-10H. The van der Waals surface area contributed by atoms with Gasteiger partial charge < -0.3 is 0 Å². The molecule has 0 bridgehead atoms. The quantitative estimate of drug-likeness (QED) is 0.369. The van der Waals surface area contributed by atoms with Crippen LogP contribution in [0.15, 0.2) is 60.7 Å². The van der Waals surface area contributed by atoms with Gasteiger partial charge in [0.05, 0.1) is 16.1 Å². The number of nitro groups is 1. The van der Waals surface area contributed by atoms with Gasteiger partial charge in [-0.25, -0.2) is 13.2 Å². The van der Waals surface area contributed by atoms with Gasteiger partial charge in [-0.1, -0.05) is 60.7 Å². The molecule has 0 heterocycles. The van der Waals surface area contributed by atoms with Gasteiger partial charge in [0.25, 0.3) is 5.69 Å². The monoisotopic (exact) mass is 329 g/mol. The lowest BCUT2D eigenvalue weighted by atomic mass is 9.94. The molecule has 6 heteroatoms. The zero-order valence-electron chi connectivity index (χ0n) is 12.2. The van der Waals surface area contributed by atoms with Crippen molar-refractivity contribution in [1.82, 2.24) is 0 Å². The van der Waals surface area contributed by atoms with Crippen molar-refractivity contribution in [2.75, 3.05) is 0 Å². The first kappa shape index (κ1) is 15.7. The van der Waals surface area contributed by atoms with Crippen molar-refractivity contribution in [1.29, 1.82) is 0 Å². The molecule has 0 saturated heterocycles. The lowest BCUT2D eigenvalue weighted by Gasteiger charge is -2.12. The van der Waals surface area contributed by atoms with E-state index >= 15 is 0 Å². The summed E-state index contributed by atoms with van der Waals surface area (Å²) in [6.07, 6.45) is 0. The van der Waals surface area contributed by atoms with Gasteiger partial charge in [0.1, 0.15) is 0 Å². The molecule has 0 fully saturated rings. The summed E-state index contributed by atoms with van der Waals surface area (Å²) in [7, 11) is 0. The lowest BCUT2D eigenvalue weighted by molar-refractivity contribution is -0.383. The third-order valence-electron chi connectivity index (χ3n) is 3.61. The van der Waals surface area contributed by atoms with Crippen molar-refractivity contribution in [3.05, 3.63) is 88.2 Å². The fourth-order valence-corrected chi connectivity index (χ4v) is 2.57. The maximum absolute atomic E-state index is 14.3. The normalized spacial score (nSPS) is 10.6. The van der Waals surface area contributed by atoms with E-state index in [1.54, 1.807) is 12.1 Å². The molecule has 3 aromatic carbocycles. The zero-order valence-corrected chi connectivity index (χ0v) is 12.2. The Labute approximate surface area is 135 Å². The second kappa shape index (κ2) is 6.16. The number of nitrogens with zero attached hydrogens (tertiary/aromatic N) is 1. The van der Waals surface area contributed by atoms with Crippen LogP contribution in [-0.4, -0.2) is 4.92 Å². The second-order valence-corrected chi connectivity index (χ2v) is 5.03. The number of hydrogen-bond donors (Lipinski definition) is 0. The number of nitro benzene ring substituents is 1. The average molecular weight is 329 g/mol. The van der Waals surface area contributed by atoms with Gasteiger partial charge in [-0.05, 0) is 11.1 Å². The Bertz CT molecular complexity index is 846. The molecule has 24 heavy (non-hydrogen) atoms. The van der Waals surface area contributed by atoms with Gasteiger partial charge in [-0.3, -0.25) is 10.1 Å². The van der Waals surface area contributed by atoms with Crippen LogP contribution in [0.4, 0.5) is 18.9 Å². The Hall–Kier alpha value is -3.15. The highest BCUT2D eigenvalue weighted by molar-refractivity contribution is 5.87. The fraction of sp³-hybridized carbons (Fsp3) is 0. The van der Waals surface area contributed by atoms with Crippen LogP contribution in [0.5, 0.6) is 0 Å². The van der Waals surface area contributed by atoms with Crippen LogP contribution in [0.25, 0.3) is 22.3 Å². The highest BCUT2D eigenvalue weighted by Crippen LogP contribution is 2.43. The van der Waals surface area contributed by atoms with Crippen molar-refractivity contribution >= 4 is 5.69 Å². The van der Waals surface area contributed by atoms with Crippen molar-refractivity contribution in [3.63, 3.8) is 0 Å². The summed E-state index contributed by atoms with van der Waals surface area (Å²) in [4.78, 5) is 10.7. The van der Waals surface area contributed by atoms with E-state index in [0.717, 1.165) is 0 Å². The summed E-state index contributed by atoms with van der Waals surface area (Å²) in [6, 6.07) is 15.0. The minimum Gasteiger partial charge on any atom is -0.258 e. The molecule has 0 saturated carbocycles. The first-order chi connectivity index (χ1) is 11.5. The highest BCUT2D eigenvalue weighted by Gasteiger charge is 2.33. The molecule has 0 spiro atoms. The maximum atomic E-state index is 14.3. The molecule has 0 radical (unpaired) electrons. The molecule has 0 aliphatic carbocycles. The van der Waals surface area contributed by atoms with Crippen LogP contribution in [-0.2, 0) is 0 Å². The first-order valence-electron chi connectivity index (χ1n) is 6.98. The van der Waals surface area contributed by atoms with E-state index in [0.29, 0.717) is 0 Å². The van der Waals surface area contributed by atoms with Crippen LogP contribution >= 0.6 is 0 Å². The van der Waals surface area contributed by atoms with E-state index < -0.39 is 39.2 Å². The van der Waals surface area contributed by atoms with Crippen LogP contribution in [0.2, 0.25) is 0 Å². The molecule has 0 N–H and O–H groups in total. The van der Waals surface area contributed by atoms with Crippen LogP contribution in [0.1, 0.15) is 0 Å². The molecule has 3 rings (SSSR count). The number of rotatable bonds is 3. The Morgan fingerprint density at radius 2 is 1.04 bits per heavy atom. The van der Waals surface area contributed by atoms with E-state index in [1.165, 1.54) is 48.5 Å². The zero-order chi connectivity index (χ0) is 17.3. The van der Waals surface area contributed by atoms with Crippen molar-refractivity contribution in [2.45, 2.75) is 0 Å². The molecule has 3 aromatic rings. The molecule has 3 nitrogen and oxygen atoms in total. The average Bonchev–Trinajstić information content (AvgIpc) is 2.60. The first-order valence-corrected chi connectivity index (χ1v) is 6.98. The third-order valence-corrected chi connectivity index (χ3v) is 3.61. The SMILES string of the molecule is O=[N+]([O-])c1c(-c2ccccc2)c(F)c(F)c(F)c1-c1ccccc1. The molecule has 120 valence electrons. The van der Waals surface area contributed by atoms with Gasteiger partial charge in [0.2, 0.25) is 0 Å². The molecule has 0 unspecified atom stereocenters. The van der Waals surface area contributed by atoms with E-state index in [1.807, 2.05) is 0 Å². The van der Waals surface area contributed by atoms with Gasteiger partial charge >= 0.3 is 0 Å². The summed E-state index contributed by atoms with van der Waals surface area (Å²) in [5.74, 6) is -4.89. The van der Waals surface area contributed by atoms with Crippen LogP contribution < -0.4 is 0 Å². The van der Waals surface area contributed by atoms with E-state index in [-0.39, 0.29) is 11.1 Å². The predicted molar refractivity (Wildman–Crippen MR) is 83.8 cm³/mol. The van der Waals surface area contributed by atoms with E-state index in [9.17, 15) is 23.3 Å². The molecule has 0 aliphatic heterocycles. The minimum atomic E-state index is -1.74. The summed E-state index contributed by atoms with van der Waals surface area (Å²) >= 11 is 0. The topological polar surface area (TPSA) is 43.1 Å². The third kappa shape index (κ3) is 2.52.